The van der Waals surface area contributed by atoms with Crippen LogP contribution in [0.25, 0.3) is 0 Å². The molecule has 2 rings (SSSR count). The lowest BCUT2D eigenvalue weighted by molar-refractivity contribution is -0.120. The Kier molecular flexibility index (Phi) is 5.28. The van der Waals surface area contributed by atoms with Crippen molar-refractivity contribution in [3.63, 3.8) is 0 Å². The summed E-state index contributed by atoms with van der Waals surface area (Å²) >= 11 is 0. The molecule has 0 fully saturated rings. The molecule has 0 aliphatic heterocycles. The second-order valence-corrected chi connectivity index (χ2v) is 4.47. The van der Waals surface area contributed by atoms with Crippen LogP contribution in [0.5, 0.6) is 5.75 Å². The van der Waals surface area contributed by atoms with E-state index in [1.54, 1.807) is 31.4 Å². The van der Waals surface area contributed by atoms with E-state index in [1.165, 1.54) is 0 Å². The van der Waals surface area contributed by atoms with Crippen molar-refractivity contribution in [1.82, 2.24) is 15.5 Å². The van der Waals surface area contributed by atoms with Gasteiger partial charge in [-0.2, -0.15) is 4.98 Å². The molecule has 1 aromatic heterocycles. The lowest BCUT2D eigenvalue weighted by Crippen LogP contribution is -2.25. The van der Waals surface area contributed by atoms with E-state index in [4.69, 9.17) is 9.26 Å². The molecule has 0 atom stereocenters. The van der Waals surface area contributed by atoms with Crippen molar-refractivity contribution >= 4 is 5.91 Å². The number of aromatic hydroxyl groups is 1. The fraction of sp³-hybridized carbons (Fsp3) is 0.357. The van der Waals surface area contributed by atoms with E-state index >= 15 is 0 Å². The van der Waals surface area contributed by atoms with Gasteiger partial charge in [-0.3, -0.25) is 4.79 Å². The van der Waals surface area contributed by atoms with Crippen molar-refractivity contribution < 1.29 is 19.2 Å². The summed E-state index contributed by atoms with van der Waals surface area (Å²) < 4.78 is 9.92. The predicted octanol–water partition coefficient (Wildman–Crippen LogP) is 0.823. The molecule has 1 heterocycles. The summed E-state index contributed by atoms with van der Waals surface area (Å²) in [6, 6.07) is 6.58. The zero-order valence-corrected chi connectivity index (χ0v) is 11.7. The Hall–Kier alpha value is -2.41. The third-order valence-electron chi connectivity index (χ3n) is 2.75. The van der Waals surface area contributed by atoms with Crippen molar-refractivity contribution in [3.8, 4) is 5.75 Å². The Morgan fingerprint density at radius 1 is 1.48 bits per heavy atom. The molecule has 0 radical (unpaired) electrons. The number of aromatic nitrogens is 2. The first-order chi connectivity index (χ1) is 10.2. The smallest absolute Gasteiger partial charge is 0.229 e. The number of rotatable bonds is 7. The van der Waals surface area contributed by atoms with Gasteiger partial charge >= 0.3 is 0 Å². The Bertz CT molecular complexity index is 597. The summed E-state index contributed by atoms with van der Waals surface area (Å²) in [6.07, 6.45) is 0.726. The van der Waals surface area contributed by atoms with Crippen molar-refractivity contribution in [2.75, 3.05) is 13.7 Å². The van der Waals surface area contributed by atoms with Crippen LogP contribution in [0, 0.1) is 0 Å². The SMILES string of the molecule is COCCc1nc(CNC(=O)Cc2cccc(O)c2)no1. The Morgan fingerprint density at radius 3 is 3.10 bits per heavy atom. The minimum absolute atomic E-state index is 0.140. The van der Waals surface area contributed by atoms with E-state index < -0.39 is 0 Å². The number of ether oxygens (including phenoxy) is 1. The number of nitrogens with one attached hydrogen (secondary N) is 1. The molecule has 0 spiro atoms. The number of amides is 1. The zero-order valence-electron chi connectivity index (χ0n) is 11.7. The highest BCUT2D eigenvalue weighted by molar-refractivity contribution is 5.78. The van der Waals surface area contributed by atoms with E-state index in [-0.39, 0.29) is 24.6 Å². The van der Waals surface area contributed by atoms with Gasteiger partial charge in [0.2, 0.25) is 11.8 Å². The minimum atomic E-state index is -0.177. The third-order valence-corrected chi connectivity index (χ3v) is 2.75. The van der Waals surface area contributed by atoms with Gasteiger partial charge in [0.25, 0.3) is 0 Å². The van der Waals surface area contributed by atoms with Crippen molar-refractivity contribution in [1.29, 1.82) is 0 Å². The number of phenolic OH excluding ortho intramolecular Hbond substituents is 1. The summed E-state index contributed by atoms with van der Waals surface area (Å²) in [5.41, 5.74) is 0.737. The van der Waals surface area contributed by atoms with Crippen LogP contribution in [-0.4, -0.2) is 34.9 Å². The molecule has 7 nitrogen and oxygen atoms in total. The maximum atomic E-state index is 11.8. The normalized spacial score (nSPS) is 10.5. The third kappa shape index (κ3) is 4.88. The highest BCUT2D eigenvalue weighted by Crippen LogP contribution is 2.11. The van der Waals surface area contributed by atoms with Crippen molar-refractivity contribution in [3.05, 3.63) is 41.5 Å². The maximum Gasteiger partial charge on any atom is 0.229 e. The van der Waals surface area contributed by atoms with Crippen molar-refractivity contribution in [2.24, 2.45) is 0 Å². The summed E-state index contributed by atoms with van der Waals surface area (Å²) in [6.45, 7) is 0.708. The molecule has 0 bridgehead atoms. The van der Waals surface area contributed by atoms with E-state index in [0.717, 1.165) is 5.56 Å². The molecule has 112 valence electrons. The van der Waals surface area contributed by atoms with Crippen LogP contribution in [0.1, 0.15) is 17.3 Å². The number of methoxy groups -OCH3 is 1. The van der Waals surface area contributed by atoms with Crippen LogP contribution < -0.4 is 5.32 Å². The van der Waals surface area contributed by atoms with Crippen LogP contribution >= 0.6 is 0 Å². The average Bonchev–Trinajstić information content (AvgIpc) is 2.91. The minimum Gasteiger partial charge on any atom is -0.508 e. The molecule has 0 aliphatic carbocycles. The van der Waals surface area contributed by atoms with E-state index in [0.29, 0.717) is 24.7 Å². The molecule has 1 aromatic carbocycles. The van der Waals surface area contributed by atoms with Crippen LogP contribution in [0.3, 0.4) is 0 Å². The molecular weight excluding hydrogens is 274 g/mol. The average molecular weight is 291 g/mol. The van der Waals surface area contributed by atoms with Crippen LogP contribution in [0.4, 0.5) is 0 Å². The van der Waals surface area contributed by atoms with Gasteiger partial charge in [0.05, 0.1) is 26.0 Å². The molecule has 2 N–H and O–H groups in total. The molecule has 0 unspecified atom stereocenters. The molecule has 7 heteroatoms. The first-order valence-corrected chi connectivity index (χ1v) is 6.52. The van der Waals surface area contributed by atoms with Gasteiger partial charge in [0, 0.05) is 7.11 Å². The van der Waals surface area contributed by atoms with E-state index in [1.807, 2.05) is 0 Å². The fourth-order valence-corrected chi connectivity index (χ4v) is 1.74. The molecule has 2 aromatic rings. The molecule has 0 aliphatic rings. The fourth-order valence-electron chi connectivity index (χ4n) is 1.74. The second kappa shape index (κ2) is 7.39. The molecule has 1 amide bonds. The predicted molar refractivity (Wildman–Crippen MR) is 73.5 cm³/mol. The topological polar surface area (TPSA) is 97.5 Å². The van der Waals surface area contributed by atoms with Gasteiger partial charge in [-0.05, 0) is 17.7 Å². The molecule has 0 saturated carbocycles. The van der Waals surface area contributed by atoms with Gasteiger partial charge in [-0.15, -0.1) is 0 Å². The molecular formula is C14H17N3O4. The lowest BCUT2D eigenvalue weighted by atomic mass is 10.1. The first kappa shape index (κ1) is 15.0. The van der Waals surface area contributed by atoms with Gasteiger partial charge < -0.3 is 19.7 Å². The van der Waals surface area contributed by atoms with Gasteiger partial charge in [-0.25, -0.2) is 0 Å². The standard InChI is InChI=1S/C14H17N3O4/c1-20-6-5-14-16-12(17-21-14)9-15-13(19)8-10-3-2-4-11(18)7-10/h2-4,7,18H,5-6,8-9H2,1H3,(H,15,19). The summed E-state index contributed by atoms with van der Waals surface area (Å²) in [4.78, 5) is 15.9. The second-order valence-electron chi connectivity index (χ2n) is 4.47. The number of carbonyl (C=O) groups is 1. The summed E-state index contributed by atoms with van der Waals surface area (Å²) in [5, 5.41) is 15.8. The summed E-state index contributed by atoms with van der Waals surface area (Å²) in [5.74, 6) is 0.865. The maximum absolute atomic E-state index is 11.8. The Morgan fingerprint density at radius 2 is 2.33 bits per heavy atom. The monoisotopic (exact) mass is 291 g/mol. The van der Waals surface area contributed by atoms with E-state index in [2.05, 4.69) is 15.5 Å². The number of benzene rings is 1. The van der Waals surface area contributed by atoms with Crippen LogP contribution in [0.2, 0.25) is 0 Å². The number of phenols is 1. The van der Waals surface area contributed by atoms with Gasteiger partial charge in [0.1, 0.15) is 5.75 Å². The highest BCUT2D eigenvalue weighted by Gasteiger charge is 2.08. The Balaban J connectivity index is 1.79. The first-order valence-electron chi connectivity index (χ1n) is 6.52. The van der Waals surface area contributed by atoms with E-state index in [9.17, 15) is 9.90 Å². The number of hydrogen-bond acceptors (Lipinski definition) is 6. The Labute approximate surface area is 121 Å². The van der Waals surface area contributed by atoms with Crippen LogP contribution in [-0.2, 0) is 28.9 Å². The van der Waals surface area contributed by atoms with Crippen molar-refractivity contribution in [2.45, 2.75) is 19.4 Å². The number of nitrogens with zero attached hydrogens (tertiary/aromatic N) is 2. The van der Waals surface area contributed by atoms with Gasteiger partial charge in [0.15, 0.2) is 5.82 Å². The zero-order chi connectivity index (χ0) is 15.1. The molecule has 21 heavy (non-hydrogen) atoms. The number of carbonyl (C=O) groups excluding carboxylic acids is 1. The van der Waals surface area contributed by atoms with Crippen LogP contribution in [0.15, 0.2) is 28.8 Å². The summed E-state index contributed by atoms with van der Waals surface area (Å²) in [7, 11) is 1.60. The quantitative estimate of drug-likeness (QED) is 0.784. The van der Waals surface area contributed by atoms with Gasteiger partial charge in [-0.1, -0.05) is 17.3 Å². The highest BCUT2D eigenvalue weighted by atomic mass is 16.5. The lowest BCUT2D eigenvalue weighted by Gasteiger charge is -2.03. The largest absolute Gasteiger partial charge is 0.508 e. The molecule has 0 saturated heterocycles. The number of hydrogen-bond donors (Lipinski definition) is 2.